The minimum absolute atomic E-state index is 0.0116. The lowest BCUT2D eigenvalue weighted by atomic mass is 10.1. The summed E-state index contributed by atoms with van der Waals surface area (Å²) in [7, 11) is 0. The van der Waals surface area contributed by atoms with Crippen molar-refractivity contribution < 1.29 is 9.59 Å². The van der Waals surface area contributed by atoms with Crippen molar-refractivity contribution in [2.75, 3.05) is 19.6 Å². The highest BCUT2D eigenvalue weighted by molar-refractivity contribution is 5.85. The molecule has 5 heteroatoms. The van der Waals surface area contributed by atoms with Gasteiger partial charge in [-0.1, -0.05) is 13.8 Å². The SMILES string of the molecule is CC(C)CCCNC(=O)CNC(=O)CN. The molecule has 0 aliphatic rings. The Labute approximate surface area is 90.8 Å². The van der Waals surface area contributed by atoms with Gasteiger partial charge < -0.3 is 16.4 Å². The molecule has 0 aromatic carbocycles. The Hall–Kier alpha value is -1.10. The van der Waals surface area contributed by atoms with Crippen LogP contribution in [-0.4, -0.2) is 31.4 Å². The Balaban J connectivity index is 3.37. The maximum atomic E-state index is 11.1. The van der Waals surface area contributed by atoms with Crippen LogP contribution in [0.5, 0.6) is 0 Å². The lowest BCUT2D eigenvalue weighted by molar-refractivity contribution is -0.125. The maximum absolute atomic E-state index is 11.1. The van der Waals surface area contributed by atoms with Gasteiger partial charge in [-0.25, -0.2) is 0 Å². The average molecular weight is 215 g/mol. The lowest BCUT2D eigenvalue weighted by Gasteiger charge is -2.07. The van der Waals surface area contributed by atoms with E-state index in [9.17, 15) is 9.59 Å². The van der Waals surface area contributed by atoms with Crippen LogP contribution in [0.2, 0.25) is 0 Å². The normalized spacial score (nSPS) is 10.1. The van der Waals surface area contributed by atoms with E-state index < -0.39 is 0 Å². The Morgan fingerprint density at radius 3 is 2.40 bits per heavy atom. The van der Waals surface area contributed by atoms with Crippen LogP contribution < -0.4 is 16.4 Å². The third-order valence-corrected chi connectivity index (χ3v) is 1.91. The van der Waals surface area contributed by atoms with E-state index in [1.807, 2.05) is 0 Å². The molecule has 0 aromatic heterocycles. The number of nitrogens with one attached hydrogen (secondary N) is 2. The molecule has 0 heterocycles. The van der Waals surface area contributed by atoms with Crippen molar-refractivity contribution in [1.29, 1.82) is 0 Å². The van der Waals surface area contributed by atoms with E-state index in [1.54, 1.807) is 0 Å². The highest BCUT2D eigenvalue weighted by Crippen LogP contribution is 2.01. The highest BCUT2D eigenvalue weighted by Gasteiger charge is 2.02. The van der Waals surface area contributed by atoms with Gasteiger partial charge in [-0.3, -0.25) is 9.59 Å². The molecular formula is C10H21N3O2. The van der Waals surface area contributed by atoms with Crippen molar-refractivity contribution in [3.8, 4) is 0 Å². The fourth-order valence-electron chi connectivity index (χ4n) is 1.05. The summed E-state index contributed by atoms with van der Waals surface area (Å²) in [6.07, 6.45) is 2.06. The zero-order valence-electron chi connectivity index (χ0n) is 9.51. The van der Waals surface area contributed by atoms with Crippen LogP contribution in [0.15, 0.2) is 0 Å². The smallest absolute Gasteiger partial charge is 0.239 e. The predicted octanol–water partition coefficient (Wildman–Crippen LogP) is -0.386. The first kappa shape index (κ1) is 13.9. The number of hydrogen-bond acceptors (Lipinski definition) is 3. The van der Waals surface area contributed by atoms with Crippen LogP contribution in [0.1, 0.15) is 26.7 Å². The molecule has 4 N–H and O–H groups in total. The molecule has 0 saturated carbocycles. The number of rotatable bonds is 7. The van der Waals surface area contributed by atoms with Crippen LogP contribution in [0.25, 0.3) is 0 Å². The second-order valence-corrected chi connectivity index (χ2v) is 3.87. The maximum Gasteiger partial charge on any atom is 0.239 e. The summed E-state index contributed by atoms with van der Waals surface area (Å²) in [5.74, 6) is 0.173. The van der Waals surface area contributed by atoms with E-state index in [1.165, 1.54) is 0 Å². The minimum atomic E-state index is -0.313. The van der Waals surface area contributed by atoms with Crippen molar-refractivity contribution >= 4 is 11.8 Å². The number of carbonyl (C=O) groups is 2. The summed E-state index contributed by atoms with van der Waals surface area (Å²) < 4.78 is 0. The van der Waals surface area contributed by atoms with Crippen molar-refractivity contribution in [3.05, 3.63) is 0 Å². The fourth-order valence-corrected chi connectivity index (χ4v) is 1.05. The number of carbonyl (C=O) groups excluding carboxylic acids is 2. The molecule has 88 valence electrons. The summed E-state index contributed by atoms with van der Waals surface area (Å²) in [5, 5.41) is 5.13. The molecule has 2 amide bonds. The summed E-state index contributed by atoms with van der Waals surface area (Å²) in [4.78, 5) is 21.9. The van der Waals surface area contributed by atoms with E-state index >= 15 is 0 Å². The first-order valence-corrected chi connectivity index (χ1v) is 5.29. The number of amides is 2. The Kier molecular flexibility index (Phi) is 7.62. The molecule has 0 fully saturated rings. The van der Waals surface area contributed by atoms with Gasteiger partial charge in [-0.05, 0) is 18.8 Å². The number of hydrogen-bond donors (Lipinski definition) is 3. The molecule has 0 atom stereocenters. The van der Waals surface area contributed by atoms with Gasteiger partial charge in [0.1, 0.15) is 0 Å². The predicted molar refractivity (Wildman–Crippen MR) is 59.1 cm³/mol. The van der Waals surface area contributed by atoms with Gasteiger partial charge in [-0.15, -0.1) is 0 Å². The standard InChI is InChI=1S/C10H21N3O2/c1-8(2)4-3-5-12-10(15)7-13-9(14)6-11/h8H,3-7,11H2,1-2H3,(H,12,15)(H,13,14). The zero-order chi connectivity index (χ0) is 11.7. The first-order chi connectivity index (χ1) is 7.06. The van der Waals surface area contributed by atoms with Gasteiger partial charge in [0.2, 0.25) is 11.8 Å². The van der Waals surface area contributed by atoms with E-state index in [0.717, 1.165) is 12.8 Å². The molecule has 0 rings (SSSR count). The van der Waals surface area contributed by atoms with Crippen LogP contribution in [0.3, 0.4) is 0 Å². The van der Waals surface area contributed by atoms with Crippen LogP contribution >= 0.6 is 0 Å². The van der Waals surface area contributed by atoms with Crippen molar-refractivity contribution in [3.63, 3.8) is 0 Å². The third-order valence-electron chi connectivity index (χ3n) is 1.91. The van der Waals surface area contributed by atoms with Crippen LogP contribution in [0.4, 0.5) is 0 Å². The van der Waals surface area contributed by atoms with Crippen molar-refractivity contribution in [2.24, 2.45) is 11.7 Å². The monoisotopic (exact) mass is 215 g/mol. The topological polar surface area (TPSA) is 84.2 Å². The minimum Gasteiger partial charge on any atom is -0.355 e. The number of nitrogens with two attached hydrogens (primary N) is 1. The molecule has 15 heavy (non-hydrogen) atoms. The molecule has 0 saturated heterocycles. The molecule has 0 spiro atoms. The van der Waals surface area contributed by atoms with Gasteiger partial charge in [-0.2, -0.15) is 0 Å². The summed E-state index contributed by atoms with van der Waals surface area (Å²) in [6, 6.07) is 0. The van der Waals surface area contributed by atoms with Gasteiger partial charge in [0, 0.05) is 6.54 Å². The van der Waals surface area contributed by atoms with Crippen LogP contribution in [-0.2, 0) is 9.59 Å². The largest absolute Gasteiger partial charge is 0.355 e. The van der Waals surface area contributed by atoms with Crippen molar-refractivity contribution in [1.82, 2.24) is 10.6 Å². The van der Waals surface area contributed by atoms with E-state index in [4.69, 9.17) is 5.73 Å². The van der Waals surface area contributed by atoms with E-state index in [-0.39, 0.29) is 24.9 Å². The quantitative estimate of drug-likeness (QED) is 0.506. The van der Waals surface area contributed by atoms with E-state index in [2.05, 4.69) is 24.5 Å². The molecular weight excluding hydrogens is 194 g/mol. The zero-order valence-corrected chi connectivity index (χ0v) is 9.51. The fraction of sp³-hybridized carbons (Fsp3) is 0.800. The van der Waals surface area contributed by atoms with Crippen LogP contribution in [0, 0.1) is 5.92 Å². The third kappa shape index (κ3) is 9.21. The Morgan fingerprint density at radius 2 is 1.87 bits per heavy atom. The van der Waals surface area contributed by atoms with Gasteiger partial charge in [0.15, 0.2) is 0 Å². The Morgan fingerprint density at radius 1 is 1.20 bits per heavy atom. The van der Waals surface area contributed by atoms with Gasteiger partial charge >= 0.3 is 0 Å². The molecule has 0 unspecified atom stereocenters. The average Bonchev–Trinajstić information content (AvgIpc) is 2.20. The highest BCUT2D eigenvalue weighted by atomic mass is 16.2. The summed E-state index contributed by atoms with van der Waals surface area (Å²) in [6.45, 7) is 4.88. The molecule has 0 aliphatic heterocycles. The molecule has 0 aliphatic carbocycles. The van der Waals surface area contributed by atoms with Crippen molar-refractivity contribution in [2.45, 2.75) is 26.7 Å². The second kappa shape index (κ2) is 8.23. The summed E-state index contributed by atoms with van der Waals surface area (Å²) in [5.41, 5.74) is 5.07. The van der Waals surface area contributed by atoms with Gasteiger partial charge in [0.25, 0.3) is 0 Å². The molecule has 0 bridgehead atoms. The second-order valence-electron chi connectivity index (χ2n) is 3.87. The Bertz CT molecular complexity index is 205. The molecule has 0 aromatic rings. The van der Waals surface area contributed by atoms with E-state index in [0.29, 0.717) is 12.5 Å². The summed E-state index contributed by atoms with van der Waals surface area (Å²) >= 11 is 0. The van der Waals surface area contributed by atoms with Gasteiger partial charge in [0.05, 0.1) is 13.1 Å². The molecule has 5 nitrogen and oxygen atoms in total. The first-order valence-electron chi connectivity index (χ1n) is 5.29. The molecule has 0 radical (unpaired) electrons. The lowest BCUT2D eigenvalue weighted by Crippen LogP contribution is -2.39.